The number of nitrogens with zero attached hydrogens (tertiary/aromatic N) is 3. The Hall–Kier alpha value is -3.39. The number of nitrogens with one attached hydrogen (secondary N) is 2. The van der Waals surface area contributed by atoms with Gasteiger partial charge >= 0.3 is 0 Å². The molecule has 1 heterocycles. The quantitative estimate of drug-likeness (QED) is 0.299. The van der Waals surface area contributed by atoms with Gasteiger partial charge < -0.3 is 15.2 Å². The summed E-state index contributed by atoms with van der Waals surface area (Å²) in [7, 11) is 0. The monoisotopic (exact) mass is 477 g/mol. The summed E-state index contributed by atoms with van der Waals surface area (Å²) in [5.74, 6) is 0.882. The molecule has 2 amide bonds. The number of hydrogen-bond donors (Lipinski definition) is 2. The molecule has 8 heteroatoms. The van der Waals surface area contributed by atoms with Crippen LogP contribution in [0.2, 0.25) is 0 Å². The van der Waals surface area contributed by atoms with Crippen LogP contribution in [0.4, 0.5) is 5.69 Å². The van der Waals surface area contributed by atoms with Crippen molar-refractivity contribution in [3.8, 4) is 0 Å². The predicted octanol–water partition coefficient (Wildman–Crippen LogP) is 5.02. The van der Waals surface area contributed by atoms with Gasteiger partial charge in [0.1, 0.15) is 0 Å². The van der Waals surface area contributed by atoms with Crippen LogP contribution in [0, 0.1) is 12.8 Å². The van der Waals surface area contributed by atoms with Gasteiger partial charge in [-0.05, 0) is 49.1 Å². The summed E-state index contributed by atoms with van der Waals surface area (Å²) in [5, 5.41) is 15.4. The second-order valence-electron chi connectivity index (χ2n) is 8.47. The standard InChI is InChI=1S/C26H31N5O2S/c1-5-14-31-24(22(15-18(2)3)28-25(33)20-11-7-6-8-12-20)29-30-26(31)34-17-23(32)27-21-13-9-10-19(4)16-21/h5-13,16,18,22H,1,14-15,17H2,2-4H3,(H,27,32)(H,28,33). The summed E-state index contributed by atoms with van der Waals surface area (Å²) in [6.07, 6.45) is 2.46. The molecule has 3 rings (SSSR count). The smallest absolute Gasteiger partial charge is 0.251 e. The van der Waals surface area contributed by atoms with Gasteiger partial charge in [-0.2, -0.15) is 0 Å². The second-order valence-corrected chi connectivity index (χ2v) is 9.41. The Balaban J connectivity index is 1.75. The highest BCUT2D eigenvalue weighted by Crippen LogP contribution is 2.25. The van der Waals surface area contributed by atoms with Gasteiger partial charge in [-0.15, -0.1) is 16.8 Å². The van der Waals surface area contributed by atoms with E-state index in [9.17, 15) is 9.59 Å². The second kappa shape index (κ2) is 12.2. The maximum atomic E-state index is 12.9. The number of amides is 2. The molecule has 2 aromatic carbocycles. The first kappa shape index (κ1) is 25.2. The number of carbonyl (C=O) groups excluding carboxylic acids is 2. The minimum atomic E-state index is -0.323. The minimum absolute atomic E-state index is 0.124. The molecule has 0 aliphatic heterocycles. The van der Waals surface area contributed by atoms with Gasteiger partial charge in [0.2, 0.25) is 5.91 Å². The normalized spacial score (nSPS) is 11.8. The molecule has 1 aromatic heterocycles. The first-order valence-electron chi connectivity index (χ1n) is 11.3. The predicted molar refractivity (Wildman–Crippen MR) is 137 cm³/mol. The molecule has 2 N–H and O–H groups in total. The molecular weight excluding hydrogens is 446 g/mol. The van der Waals surface area contributed by atoms with E-state index < -0.39 is 0 Å². The molecule has 0 saturated carbocycles. The largest absolute Gasteiger partial charge is 0.342 e. The first-order valence-corrected chi connectivity index (χ1v) is 12.2. The Labute approximate surface area is 205 Å². The maximum absolute atomic E-state index is 12.9. The molecule has 0 aliphatic carbocycles. The zero-order valence-electron chi connectivity index (χ0n) is 19.8. The van der Waals surface area contributed by atoms with Crippen LogP contribution in [-0.4, -0.2) is 32.3 Å². The van der Waals surface area contributed by atoms with E-state index in [4.69, 9.17) is 0 Å². The van der Waals surface area contributed by atoms with Crippen molar-refractivity contribution in [2.24, 2.45) is 5.92 Å². The number of aryl methyl sites for hydroxylation is 1. The van der Waals surface area contributed by atoms with E-state index in [1.165, 1.54) is 11.8 Å². The number of hydrogen-bond acceptors (Lipinski definition) is 5. The van der Waals surface area contributed by atoms with Crippen molar-refractivity contribution in [2.45, 2.75) is 44.9 Å². The maximum Gasteiger partial charge on any atom is 0.251 e. The van der Waals surface area contributed by atoms with Gasteiger partial charge in [0.25, 0.3) is 5.91 Å². The number of allylic oxidation sites excluding steroid dienone is 1. The number of aromatic nitrogens is 3. The van der Waals surface area contributed by atoms with E-state index in [1.54, 1.807) is 18.2 Å². The molecular formula is C26H31N5O2S. The first-order chi connectivity index (χ1) is 16.4. The summed E-state index contributed by atoms with van der Waals surface area (Å²) in [4.78, 5) is 25.3. The van der Waals surface area contributed by atoms with Gasteiger partial charge in [-0.1, -0.05) is 62.0 Å². The fourth-order valence-corrected chi connectivity index (χ4v) is 4.30. The summed E-state index contributed by atoms with van der Waals surface area (Å²) in [6.45, 7) is 10.5. The van der Waals surface area contributed by atoms with Gasteiger partial charge in [-0.3, -0.25) is 9.59 Å². The van der Waals surface area contributed by atoms with E-state index in [0.717, 1.165) is 11.3 Å². The lowest BCUT2D eigenvalue weighted by atomic mass is 10.0. The number of benzene rings is 2. The SMILES string of the molecule is C=CCn1c(SCC(=O)Nc2cccc(C)c2)nnc1C(CC(C)C)NC(=O)c1ccccc1. The van der Waals surface area contributed by atoms with Crippen molar-refractivity contribution in [1.29, 1.82) is 0 Å². The van der Waals surface area contributed by atoms with E-state index in [-0.39, 0.29) is 23.6 Å². The summed E-state index contributed by atoms with van der Waals surface area (Å²) < 4.78 is 1.91. The zero-order valence-corrected chi connectivity index (χ0v) is 20.6. The van der Waals surface area contributed by atoms with Crippen molar-refractivity contribution in [3.63, 3.8) is 0 Å². The highest BCUT2D eigenvalue weighted by Gasteiger charge is 2.24. The van der Waals surface area contributed by atoms with Crippen LogP contribution >= 0.6 is 11.8 Å². The number of anilines is 1. The molecule has 0 bridgehead atoms. The van der Waals surface area contributed by atoms with Crippen molar-refractivity contribution in [1.82, 2.24) is 20.1 Å². The third kappa shape index (κ3) is 7.05. The Morgan fingerprint density at radius 1 is 1.12 bits per heavy atom. The van der Waals surface area contributed by atoms with Crippen LogP contribution in [0.1, 0.15) is 48.1 Å². The van der Waals surface area contributed by atoms with Crippen molar-refractivity contribution >= 4 is 29.3 Å². The molecule has 1 unspecified atom stereocenters. The molecule has 0 fully saturated rings. The van der Waals surface area contributed by atoms with Crippen LogP contribution in [0.25, 0.3) is 0 Å². The summed E-state index contributed by atoms with van der Waals surface area (Å²) >= 11 is 1.31. The molecule has 0 saturated heterocycles. The lowest BCUT2D eigenvalue weighted by Crippen LogP contribution is -2.31. The fraction of sp³-hybridized carbons (Fsp3) is 0.308. The van der Waals surface area contributed by atoms with E-state index in [2.05, 4.69) is 41.3 Å². The van der Waals surface area contributed by atoms with Crippen molar-refractivity contribution in [2.75, 3.05) is 11.1 Å². The Bertz CT molecular complexity index is 1130. The van der Waals surface area contributed by atoms with E-state index in [1.807, 2.05) is 54.0 Å². The number of carbonyl (C=O) groups is 2. The van der Waals surface area contributed by atoms with Gasteiger partial charge in [0.15, 0.2) is 11.0 Å². The molecule has 178 valence electrons. The topological polar surface area (TPSA) is 88.9 Å². The highest BCUT2D eigenvalue weighted by molar-refractivity contribution is 7.99. The number of thioether (sulfide) groups is 1. The third-order valence-electron chi connectivity index (χ3n) is 5.05. The Morgan fingerprint density at radius 2 is 1.88 bits per heavy atom. The van der Waals surface area contributed by atoms with Crippen LogP contribution in [0.15, 0.2) is 72.4 Å². The summed E-state index contributed by atoms with van der Waals surface area (Å²) in [6, 6.07) is 16.5. The molecule has 34 heavy (non-hydrogen) atoms. The summed E-state index contributed by atoms with van der Waals surface area (Å²) in [5.41, 5.74) is 2.43. The fourth-order valence-electron chi connectivity index (χ4n) is 3.55. The molecule has 7 nitrogen and oxygen atoms in total. The van der Waals surface area contributed by atoms with Crippen LogP contribution < -0.4 is 10.6 Å². The van der Waals surface area contributed by atoms with Crippen molar-refractivity contribution in [3.05, 3.63) is 84.2 Å². The van der Waals surface area contributed by atoms with Gasteiger partial charge in [0.05, 0.1) is 11.8 Å². The molecule has 0 radical (unpaired) electrons. The number of rotatable bonds is 11. The highest BCUT2D eigenvalue weighted by atomic mass is 32.2. The molecule has 1 atom stereocenters. The Morgan fingerprint density at radius 3 is 2.56 bits per heavy atom. The average molecular weight is 478 g/mol. The molecule has 3 aromatic rings. The zero-order chi connectivity index (χ0) is 24.5. The molecule has 0 spiro atoms. The van der Waals surface area contributed by atoms with Gasteiger partial charge in [-0.25, -0.2) is 0 Å². The minimum Gasteiger partial charge on any atom is -0.342 e. The Kier molecular flexibility index (Phi) is 9.04. The molecule has 0 aliphatic rings. The average Bonchev–Trinajstić information content (AvgIpc) is 3.20. The van der Waals surface area contributed by atoms with Crippen molar-refractivity contribution < 1.29 is 9.59 Å². The van der Waals surface area contributed by atoms with E-state index >= 15 is 0 Å². The van der Waals surface area contributed by atoms with Crippen LogP contribution in [-0.2, 0) is 11.3 Å². The van der Waals surface area contributed by atoms with E-state index in [0.29, 0.717) is 35.4 Å². The lowest BCUT2D eigenvalue weighted by Gasteiger charge is -2.21. The third-order valence-corrected chi connectivity index (χ3v) is 6.02. The lowest BCUT2D eigenvalue weighted by molar-refractivity contribution is -0.113. The van der Waals surface area contributed by atoms with Crippen LogP contribution in [0.3, 0.4) is 0 Å². The van der Waals surface area contributed by atoms with Crippen LogP contribution in [0.5, 0.6) is 0 Å². The van der Waals surface area contributed by atoms with Gasteiger partial charge in [0, 0.05) is 17.8 Å².